The average molecular weight is 582 g/mol. The Bertz CT molecular complexity index is 1770. The monoisotopic (exact) mass is 581 g/mol. The molecule has 0 N–H and O–H groups in total. The van der Waals surface area contributed by atoms with Gasteiger partial charge in [0.25, 0.3) is 0 Å². The van der Waals surface area contributed by atoms with E-state index in [0.29, 0.717) is 27.9 Å². The predicted molar refractivity (Wildman–Crippen MR) is 147 cm³/mol. The zero-order chi connectivity index (χ0) is 26.4. The van der Waals surface area contributed by atoms with E-state index in [4.69, 9.17) is 14.3 Å². The second-order valence-electron chi connectivity index (χ2n) is 10.3. The molecule has 0 aliphatic carbocycles. The Hall–Kier alpha value is -4.08. The Morgan fingerprint density at radius 3 is 2.15 bits per heavy atom. The van der Waals surface area contributed by atoms with E-state index >= 15 is 0 Å². The SMILES string of the molecule is O=C1C2C3OC(C2C(=O)N1c1ccccc1)C1C3C(c2coc3ccc(Br)cc3c2=O)=NN1c1ccccc1. The van der Waals surface area contributed by atoms with Gasteiger partial charge in [0.15, 0.2) is 0 Å². The number of halogens is 1. The molecular weight excluding hydrogens is 562 g/mol. The van der Waals surface area contributed by atoms with E-state index < -0.39 is 30.0 Å². The summed E-state index contributed by atoms with van der Waals surface area (Å²) in [6.45, 7) is 0. The Balaban J connectivity index is 1.27. The Morgan fingerprint density at radius 1 is 0.769 bits per heavy atom. The average Bonchev–Trinajstić information content (AvgIpc) is 3.70. The van der Waals surface area contributed by atoms with Gasteiger partial charge in [0.2, 0.25) is 17.2 Å². The lowest BCUT2D eigenvalue weighted by molar-refractivity contribution is -0.125. The Kier molecular flexibility index (Phi) is 4.81. The van der Waals surface area contributed by atoms with Crippen molar-refractivity contribution in [1.29, 1.82) is 0 Å². The van der Waals surface area contributed by atoms with E-state index in [1.165, 1.54) is 11.2 Å². The van der Waals surface area contributed by atoms with Gasteiger partial charge in [-0.3, -0.25) is 19.4 Å². The quantitative estimate of drug-likeness (QED) is 0.334. The van der Waals surface area contributed by atoms with Gasteiger partial charge in [-0.05, 0) is 42.5 Å². The van der Waals surface area contributed by atoms with Gasteiger partial charge in [-0.1, -0.05) is 52.3 Å². The van der Waals surface area contributed by atoms with Crippen LogP contribution in [0.2, 0.25) is 0 Å². The topological polar surface area (TPSA) is 92.4 Å². The van der Waals surface area contributed by atoms with Crippen molar-refractivity contribution in [3.8, 4) is 0 Å². The lowest BCUT2D eigenvalue weighted by Gasteiger charge is -2.32. The summed E-state index contributed by atoms with van der Waals surface area (Å²) in [5.41, 5.74) is 2.49. The summed E-state index contributed by atoms with van der Waals surface area (Å²) >= 11 is 3.44. The number of fused-ring (bicyclic) bond motifs is 9. The number of hydrogen-bond donors (Lipinski definition) is 0. The first-order valence-electron chi connectivity index (χ1n) is 12.8. The minimum absolute atomic E-state index is 0.205. The molecule has 3 saturated heterocycles. The minimum atomic E-state index is -0.647. The van der Waals surface area contributed by atoms with E-state index in [9.17, 15) is 14.4 Å². The summed E-state index contributed by atoms with van der Waals surface area (Å²) in [5, 5.41) is 7.25. The fourth-order valence-electron chi connectivity index (χ4n) is 6.77. The van der Waals surface area contributed by atoms with Crippen LogP contribution in [0.5, 0.6) is 0 Å². The molecule has 4 aliphatic heterocycles. The first kappa shape index (κ1) is 22.9. The summed E-state index contributed by atoms with van der Waals surface area (Å²) in [6.07, 6.45) is 0.295. The van der Waals surface area contributed by atoms with Crippen molar-refractivity contribution >= 4 is 55.8 Å². The highest BCUT2D eigenvalue weighted by Crippen LogP contribution is 2.56. The number of imide groups is 1. The third kappa shape index (κ3) is 3.08. The van der Waals surface area contributed by atoms with Crippen molar-refractivity contribution in [3.63, 3.8) is 0 Å². The van der Waals surface area contributed by atoms with Gasteiger partial charge in [-0.25, -0.2) is 4.90 Å². The summed E-state index contributed by atoms with van der Waals surface area (Å²) < 4.78 is 13.1. The number of hydrogen-bond acceptors (Lipinski definition) is 7. The van der Waals surface area contributed by atoms with Gasteiger partial charge in [0.1, 0.15) is 11.8 Å². The molecule has 8 nitrogen and oxygen atoms in total. The predicted octanol–water partition coefficient (Wildman–Crippen LogP) is 4.35. The van der Waals surface area contributed by atoms with Gasteiger partial charge in [-0.2, -0.15) is 5.10 Å². The number of carbonyl (C=O) groups excluding carboxylic acids is 2. The molecule has 3 aromatic carbocycles. The van der Waals surface area contributed by atoms with Crippen LogP contribution in [0.1, 0.15) is 5.56 Å². The van der Waals surface area contributed by atoms with Gasteiger partial charge < -0.3 is 9.15 Å². The highest BCUT2D eigenvalue weighted by Gasteiger charge is 2.72. The maximum Gasteiger partial charge on any atom is 0.240 e. The van der Waals surface area contributed by atoms with Gasteiger partial charge >= 0.3 is 0 Å². The molecule has 0 spiro atoms. The molecule has 0 radical (unpaired) electrons. The molecule has 2 bridgehead atoms. The van der Waals surface area contributed by atoms with Crippen LogP contribution in [0.4, 0.5) is 11.4 Å². The van der Waals surface area contributed by atoms with Crippen LogP contribution in [0.15, 0.2) is 104 Å². The lowest BCUT2D eigenvalue weighted by Crippen LogP contribution is -2.50. The number of para-hydroxylation sites is 2. The van der Waals surface area contributed by atoms with Crippen LogP contribution in [-0.4, -0.2) is 35.8 Å². The van der Waals surface area contributed by atoms with E-state index in [1.807, 2.05) is 59.6 Å². The highest BCUT2D eigenvalue weighted by atomic mass is 79.9. The maximum atomic E-state index is 13.7. The number of carbonyl (C=O) groups is 2. The van der Waals surface area contributed by atoms with E-state index in [1.54, 1.807) is 24.3 Å². The van der Waals surface area contributed by atoms with Crippen molar-refractivity contribution in [2.24, 2.45) is 22.9 Å². The number of nitrogens with zero attached hydrogens (tertiary/aromatic N) is 3. The standard InChI is InChI=1S/C30H20BrN3O5/c31-15-11-12-20-18(13-15)26(35)19(14-38-20)24-23-25(34(32-24)17-9-5-2-6-10-17)28-22-21(27(23)39-28)29(36)33(30(22)37)16-7-3-1-4-8-16/h1-14,21-23,25,27-28H. The highest BCUT2D eigenvalue weighted by molar-refractivity contribution is 9.10. The summed E-state index contributed by atoms with van der Waals surface area (Å²) in [7, 11) is 0. The zero-order valence-electron chi connectivity index (χ0n) is 20.3. The maximum absolute atomic E-state index is 13.7. The smallest absolute Gasteiger partial charge is 0.240 e. The molecule has 192 valence electrons. The molecule has 9 heteroatoms. The lowest BCUT2D eigenvalue weighted by atomic mass is 9.70. The number of hydrazone groups is 1. The van der Waals surface area contributed by atoms with Crippen LogP contribution >= 0.6 is 15.9 Å². The van der Waals surface area contributed by atoms with Crippen molar-refractivity contribution in [3.05, 3.63) is 105 Å². The summed E-state index contributed by atoms with van der Waals surface area (Å²) in [5.74, 6) is -2.18. The van der Waals surface area contributed by atoms with Crippen molar-refractivity contribution < 1.29 is 18.7 Å². The molecule has 1 aromatic heterocycles. The summed E-state index contributed by atoms with van der Waals surface area (Å²) in [4.78, 5) is 42.5. The fraction of sp³-hybridized carbons (Fsp3) is 0.200. The third-order valence-electron chi connectivity index (χ3n) is 8.34. The van der Waals surface area contributed by atoms with Gasteiger partial charge in [0, 0.05) is 4.47 Å². The van der Waals surface area contributed by atoms with Gasteiger partial charge in [-0.15, -0.1) is 0 Å². The third-order valence-corrected chi connectivity index (χ3v) is 8.83. The molecule has 6 atom stereocenters. The van der Waals surface area contributed by atoms with Crippen molar-refractivity contribution in [2.75, 3.05) is 9.91 Å². The number of amides is 2. The first-order chi connectivity index (χ1) is 19.0. The molecule has 8 rings (SSSR count). The molecule has 4 aromatic rings. The molecular formula is C30H20BrN3O5. The zero-order valence-corrected chi connectivity index (χ0v) is 21.9. The minimum Gasteiger partial charge on any atom is -0.463 e. The molecule has 0 saturated carbocycles. The second-order valence-corrected chi connectivity index (χ2v) is 11.2. The van der Waals surface area contributed by atoms with E-state index in [-0.39, 0.29) is 23.3 Å². The van der Waals surface area contributed by atoms with Crippen molar-refractivity contribution in [1.82, 2.24) is 0 Å². The molecule has 39 heavy (non-hydrogen) atoms. The fourth-order valence-corrected chi connectivity index (χ4v) is 7.13. The number of anilines is 2. The Labute approximate surface area is 230 Å². The molecule has 2 amide bonds. The number of ether oxygens (including phenoxy) is 1. The molecule has 6 unspecified atom stereocenters. The van der Waals surface area contributed by atoms with Crippen LogP contribution in [0, 0.1) is 17.8 Å². The van der Waals surface area contributed by atoms with Crippen LogP contribution < -0.4 is 15.3 Å². The molecule has 5 heterocycles. The molecule has 3 fully saturated rings. The van der Waals surface area contributed by atoms with Crippen LogP contribution in [0.25, 0.3) is 11.0 Å². The van der Waals surface area contributed by atoms with Crippen LogP contribution in [0.3, 0.4) is 0 Å². The normalized spacial score (nSPS) is 28.8. The number of benzene rings is 3. The van der Waals surface area contributed by atoms with E-state index in [0.717, 1.165) is 10.2 Å². The second kappa shape index (κ2) is 8.21. The first-order valence-corrected chi connectivity index (χ1v) is 13.5. The largest absolute Gasteiger partial charge is 0.463 e. The number of rotatable bonds is 3. The Morgan fingerprint density at radius 2 is 1.44 bits per heavy atom. The summed E-state index contributed by atoms with van der Waals surface area (Å²) in [6, 6.07) is 23.6. The van der Waals surface area contributed by atoms with Crippen LogP contribution in [-0.2, 0) is 14.3 Å². The molecule has 4 aliphatic rings. The van der Waals surface area contributed by atoms with E-state index in [2.05, 4.69) is 15.9 Å². The van der Waals surface area contributed by atoms with Crippen molar-refractivity contribution in [2.45, 2.75) is 18.2 Å². The van der Waals surface area contributed by atoms with Gasteiger partial charge in [0.05, 0.1) is 64.0 Å².